The minimum Gasteiger partial charge on any atom is -0.394 e. The van der Waals surface area contributed by atoms with Crippen molar-refractivity contribution in [1.29, 1.82) is 0 Å². The molecule has 2 aromatic carbocycles. The summed E-state index contributed by atoms with van der Waals surface area (Å²) >= 11 is 0. The smallest absolute Gasteiger partial charge is 0.317 e. The third-order valence-corrected chi connectivity index (χ3v) is 6.31. The van der Waals surface area contributed by atoms with Crippen LogP contribution in [0.3, 0.4) is 0 Å². The van der Waals surface area contributed by atoms with Gasteiger partial charge >= 0.3 is 6.03 Å². The van der Waals surface area contributed by atoms with E-state index < -0.39 is 0 Å². The van der Waals surface area contributed by atoms with Crippen molar-refractivity contribution < 1.29 is 14.3 Å². The van der Waals surface area contributed by atoms with Gasteiger partial charge in [-0.3, -0.25) is 0 Å². The topological polar surface area (TPSA) is 55.8 Å². The molecule has 0 spiro atoms. The van der Waals surface area contributed by atoms with Crippen LogP contribution in [-0.2, 0) is 0 Å². The van der Waals surface area contributed by atoms with Crippen LogP contribution in [0.25, 0.3) is 11.1 Å². The Morgan fingerprint density at radius 1 is 1.21 bits per heavy atom. The molecule has 4 rings (SSSR count). The fraction of sp³-hybridized carbons (Fsp3) is 0.435. The first-order valence-corrected chi connectivity index (χ1v) is 10.3. The maximum Gasteiger partial charge on any atom is 0.317 e. The summed E-state index contributed by atoms with van der Waals surface area (Å²) in [6, 6.07) is 12.5. The average molecular weight is 397 g/mol. The van der Waals surface area contributed by atoms with Crippen molar-refractivity contribution in [2.75, 3.05) is 31.6 Å². The summed E-state index contributed by atoms with van der Waals surface area (Å²) < 4.78 is 13.3. The number of likely N-dealkylation sites (N-methyl/N-ethyl adjacent to an activating group) is 1. The van der Waals surface area contributed by atoms with Crippen LogP contribution < -0.4 is 10.2 Å². The summed E-state index contributed by atoms with van der Waals surface area (Å²) in [5.74, 6) is -0.0831. The molecule has 0 bridgehead atoms. The number of aliphatic hydroxyl groups excluding tert-OH is 1. The van der Waals surface area contributed by atoms with Crippen molar-refractivity contribution in [3.05, 3.63) is 53.8 Å². The molecular formula is C23H28FN3O2. The Labute approximate surface area is 171 Å². The quantitative estimate of drug-likeness (QED) is 0.825. The molecule has 5 nitrogen and oxygen atoms in total. The lowest BCUT2D eigenvalue weighted by molar-refractivity contribution is 0.161. The van der Waals surface area contributed by atoms with Gasteiger partial charge in [-0.25, -0.2) is 9.18 Å². The molecule has 0 aromatic heterocycles. The third kappa shape index (κ3) is 3.46. The maximum atomic E-state index is 13.3. The van der Waals surface area contributed by atoms with E-state index in [0.717, 1.165) is 35.2 Å². The van der Waals surface area contributed by atoms with Gasteiger partial charge in [0.15, 0.2) is 0 Å². The van der Waals surface area contributed by atoms with Gasteiger partial charge in [0.05, 0.1) is 18.7 Å². The first-order chi connectivity index (χ1) is 14.0. The van der Waals surface area contributed by atoms with E-state index in [0.29, 0.717) is 13.1 Å². The second-order valence-electron chi connectivity index (χ2n) is 7.96. The van der Waals surface area contributed by atoms with E-state index in [1.165, 1.54) is 12.1 Å². The zero-order valence-corrected chi connectivity index (χ0v) is 16.9. The molecule has 154 valence electrons. The lowest BCUT2D eigenvalue weighted by atomic mass is 9.81. The average Bonchev–Trinajstić information content (AvgIpc) is 3.18. The number of anilines is 1. The van der Waals surface area contributed by atoms with Gasteiger partial charge in [-0.2, -0.15) is 0 Å². The van der Waals surface area contributed by atoms with Crippen molar-refractivity contribution in [3.63, 3.8) is 0 Å². The van der Waals surface area contributed by atoms with E-state index in [2.05, 4.69) is 16.3 Å². The number of aliphatic hydroxyl groups is 1. The summed E-state index contributed by atoms with van der Waals surface area (Å²) in [5, 5.41) is 13.1. The van der Waals surface area contributed by atoms with Crippen molar-refractivity contribution in [1.82, 2.24) is 10.2 Å². The van der Waals surface area contributed by atoms with Crippen molar-refractivity contribution in [2.45, 2.75) is 31.8 Å². The summed E-state index contributed by atoms with van der Waals surface area (Å²) in [5.41, 5.74) is 4.07. The Balaban J connectivity index is 1.76. The molecule has 3 atom stereocenters. The van der Waals surface area contributed by atoms with Crippen LogP contribution in [0.1, 0.15) is 31.4 Å². The number of benzene rings is 2. The number of rotatable bonds is 4. The van der Waals surface area contributed by atoms with Crippen molar-refractivity contribution in [3.8, 4) is 11.1 Å². The summed E-state index contributed by atoms with van der Waals surface area (Å²) in [7, 11) is 2.01. The van der Waals surface area contributed by atoms with Gasteiger partial charge in [0.2, 0.25) is 0 Å². The van der Waals surface area contributed by atoms with Crippen molar-refractivity contribution >= 4 is 11.7 Å². The molecule has 2 N–H and O–H groups in total. The highest BCUT2D eigenvalue weighted by molar-refractivity contribution is 5.77. The fourth-order valence-electron chi connectivity index (χ4n) is 4.84. The van der Waals surface area contributed by atoms with Gasteiger partial charge in [0.1, 0.15) is 5.82 Å². The number of carbonyl (C=O) groups is 1. The molecule has 2 aliphatic rings. The van der Waals surface area contributed by atoms with Gasteiger partial charge in [-0.15, -0.1) is 0 Å². The molecule has 0 radical (unpaired) electrons. The predicted molar refractivity (Wildman–Crippen MR) is 112 cm³/mol. The number of hydrogen-bond acceptors (Lipinski definition) is 3. The lowest BCUT2D eigenvalue weighted by Gasteiger charge is -2.44. The van der Waals surface area contributed by atoms with Gasteiger partial charge in [-0.1, -0.05) is 25.1 Å². The van der Waals surface area contributed by atoms with E-state index in [-0.39, 0.29) is 36.5 Å². The fourth-order valence-corrected chi connectivity index (χ4v) is 4.84. The Morgan fingerprint density at radius 2 is 1.93 bits per heavy atom. The van der Waals surface area contributed by atoms with Crippen LogP contribution in [0.15, 0.2) is 42.5 Å². The van der Waals surface area contributed by atoms with Gasteiger partial charge in [-0.05, 0) is 53.8 Å². The predicted octanol–water partition coefficient (Wildman–Crippen LogP) is 3.79. The SMILES string of the molecule is CCCNC(=O)N1CC[C@@H]2[C@@H](CO)N(C)c3ccc(-c4ccc(F)cc4)cc3[C@@H]21. The Morgan fingerprint density at radius 3 is 2.62 bits per heavy atom. The van der Waals surface area contributed by atoms with E-state index in [1.54, 1.807) is 12.1 Å². The lowest BCUT2D eigenvalue weighted by Crippen LogP contribution is -2.49. The van der Waals surface area contributed by atoms with Crippen LogP contribution in [0, 0.1) is 11.7 Å². The maximum absolute atomic E-state index is 13.3. The molecule has 0 aliphatic carbocycles. The molecule has 2 aliphatic heterocycles. The number of likely N-dealkylation sites (tertiary alicyclic amines) is 1. The monoisotopic (exact) mass is 397 g/mol. The zero-order chi connectivity index (χ0) is 20.5. The molecular weight excluding hydrogens is 369 g/mol. The molecule has 1 saturated heterocycles. The second kappa shape index (κ2) is 8.03. The zero-order valence-electron chi connectivity index (χ0n) is 16.9. The van der Waals surface area contributed by atoms with E-state index in [4.69, 9.17) is 0 Å². The van der Waals surface area contributed by atoms with Gasteiger partial charge in [0.25, 0.3) is 0 Å². The first-order valence-electron chi connectivity index (χ1n) is 10.3. The number of urea groups is 1. The van der Waals surface area contributed by atoms with Crippen LogP contribution in [0.4, 0.5) is 14.9 Å². The number of nitrogens with zero attached hydrogens (tertiary/aromatic N) is 2. The molecule has 6 heteroatoms. The molecule has 2 amide bonds. The van der Waals surface area contributed by atoms with E-state index in [9.17, 15) is 14.3 Å². The molecule has 29 heavy (non-hydrogen) atoms. The Kier molecular flexibility index (Phi) is 5.46. The van der Waals surface area contributed by atoms with Gasteiger partial charge < -0.3 is 20.2 Å². The second-order valence-corrected chi connectivity index (χ2v) is 7.96. The minimum absolute atomic E-state index is 0.0202. The minimum atomic E-state index is -0.258. The number of nitrogens with one attached hydrogen (secondary N) is 1. The van der Waals surface area contributed by atoms with E-state index in [1.807, 2.05) is 31.0 Å². The summed E-state index contributed by atoms with van der Waals surface area (Å²) in [6.45, 7) is 3.42. The molecule has 0 saturated carbocycles. The summed E-state index contributed by atoms with van der Waals surface area (Å²) in [4.78, 5) is 16.9. The van der Waals surface area contributed by atoms with Gasteiger partial charge in [0, 0.05) is 31.7 Å². The highest BCUT2D eigenvalue weighted by atomic mass is 19.1. The number of amides is 2. The molecule has 0 unspecified atom stereocenters. The van der Waals surface area contributed by atoms with Crippen molar-refractivity contribution in [2.24, 2.45) is 5.92 Å². The highest BCUT2D eigenvalue weighted by Crippen LogP contribution is 2.49. The largest absolute Gasteiger partial charge is 0.394 e. The molecule has 1 fully saturated rings. The van der Waals surface area contributed by atoms with Crippen LogP contribution >= 0.6 is 0 Å². The number of halogens is 1. The first kappa shape index (κ1) is 19.7. The number of fused-ring (bicyclic) bond motifs is 3. The Bertz CT molecular complexity index is 886. The number of carbonyl (C=O) groups excluding carboxylic acids is 1. The van der Waals surface area contributed by atoms with Crippen LogP contribution in [-0.4, -0.2) is 48.8 Å². The number of hydrogen-bond donors (Lipinski definition) is 2. The third-order valence-electron chi connectivity index (χ3n) is 6.31. The van der Waals surface area contributed by atoms with E-state index >= 15 is 0 Å². The van der Waals surface area contributed by atoms with Crippen LogP contribution in [0.2, 0.25) is 0 Å². The standard InChI is InChI=1S/C23H28FN3O2/c1-3-11-25-23(29)27-12-10-18-21(14-28)26(2)20-9-6-16(13-19(20)22(18)27)15-4-7-17(24)8-5-15/h4-9,13,18,21-22,28H,3,10-12,14H2,1-2H3,(H,25,29)/t18-,21-,22-/m1/s1. The molecule has 2 aromatic rings. The molecule has 2 heterocycles. The van der Waals surface area contributed by atoms with Crippen LogP contribution in [0.5, 0.6) is 0 Å². The Hall–Kier alpha value is -2.60. The normalized spacial score (nSPS) is 23.0. The summed E-state index contributed by atoms with van der Waals surface area (Å²) in [6.07, 6.45) is 1.75. The highest BCUT2D eigenvalue weighted by Gasteiger charge is 2.47.